The highest BCUT2D eigenvalue weighted by Crippen LogP contribution is 2.60. The van der Waals surface area contributed by atoms with Crippen LogP contribution in [0.5, 0.6) is 5.75 Å². The molecule has 0 radical (unpaired) electrons. The molecule has 1 spiro atoms. The Kier molecular flexibility index (Phi) is 9.53. The van der Waals surface area contributed by atoms with Crippen LogP contribution in [0.2, 0.25) is 18.6 Å². The fourth-order valence-corrected chi connectivity index (χ4v) is 11.1. The first-order valence-corrected chi connectivity index (χ1v) is 20.7. The zero-order chi connectivity index (χ0) is 36.8. The summed E-state index contributed by atoms with van der Waals surface area (Å²) in [6, 6.07) is 29.1. The smallest absolute Gasteiger partial charge is 0.264 e. The monoisotopic (exact) mass is 721 g/mol. The van der Waals surface area contributed by atoms with Crippen molar-refractivity contribution in [3.8, 4) is 5.75 Å². The third-order valence-electron chi connectivity index (χ3n) is 11.0. The van der Waals surface area contributed by atoms with Gasteiger partial charge in [0.25, 0.3) is 11.8 Å². The normalized spacial score (nSPS) is 23.8. The van der Waals surface area contributed by atoms with Gasteiger partial charge in [0, 0.05) is 34.8 Å². The summed E-state index contributed by atoms with van der Waals surface area (Å²) in [5.41, 5.74) is 2.95. The maximum Gasteiger partial charge on any atom is 0.264 e. The Morgan fingerprint density at radius 1 is 1.00 bits per heavy atom. The predicted molar refractivity (Wildman–Crippen MR) is 199 cm³/mol. The number of halogens is 1. The second-order valence-corrected chi connectivity index (χ2v) is 18.4. The minimum Gasteiger partial charge on any atom is -0.497 e. The van der Waals surface area contributed by atoms with Gasteiger partial charge in [-0.15, -0.1) is 0 Å². The van der Waals surface area contributed by atoms with Crippen LogP contribution in [-0.2, 0) is 39.4 Å². The molecular formula is C41H44FN3O6Si. The lowest BCUT2D eigenvalue weighted by Crippen LogP contribution is -2.48. The van der Waals surface area contributed by atoms with E-state index in [-0.39, 0.29) is 37.3 Å². The Morgan fingerprint density at radius 2 is 1.73 bits per heavy atom. The van der Waals surface area contributed by atoms with Gasteiger partial charge in [0.15, 0.2) is 5.60 Å². The fraction of sp³-hybridized carbons (Fsp3) is 0.341. The molecule has 3 heterocycles. The van der Waals surface area contributed by atoms with Crippen molar-refractivity contribution >= 4 is 37.5 Å². The number of anilines is 2. The van der Waals surface area contributed by atoms with Crippen LogP contribution in [0.3, 0.4) is 0 Å². The molecule has 1 fully saturated rings. The molecule has 1 saturated heterocycles. The second kappa shape index (κ2) is 13.9. The molecule has 3 aliphatic rings. The molecule has 3 aliphatic heterocycles. The van der Waals surface area contributed by atoms with Gasteiger partial charge in [-0.3, -0.25) is 14.4 Å². The van der Waals surface area contributed by atoms with E-state index in [0.717, 1.165) is 16.7 Å². The summed E-state index contributed by atoms with van der Waals surface area (Å²) in [4.78, 5) is 45.3. The largest absolute Gasteiger partial charge is 0.497 e. The third kappa shape index (κ3) is 6.31. The van der Waals surface area contributed by atoms with E-state index in [1.165, 1.54) is 0 Å². The molecule has 0 unspecified atom stereocenters. The minimum absolute atomic E-state index is 0.120. The number of benzene rings is 4. The van der Waals surface area contributed by atoms with Gasteiger partial charge >= 0.3 is 0 Å². The van der Waals surface area contributed by atoms with Crippen LogP contribution in [0, 0.1) is 5.92 Å². The second-order valence-electron chi connectivity index (χ2n) is 14.6. The van der Waals surface area contributed by atoms with Crippen molar-refractivity contribution in [1.29, 1.82) is 0 Å². The number of methoxy groups -OCH3 is 1. The van der Waals surface area contributed by atoms with E-state index >= 15 is 4.11 Å². The van der Waals surface area contributed by atoms with Gasteiger partial charge in [0.05, 0.1) is 44.5 Å². The van der Waals surface area contributed by atoms with Crippen LogP contribution in [0.25, 0.3) is 0 Å². The molecule has 2 N–H and O–H groups in total. The van der Waals surface area contributed by atoms with Gasteiger partial charge in [-0.05, 0) is 78.7 Å². The Labute approximate surface area is 304 Å². The number of nitrogens with zero attached hydrogens (tertiary/aromatic N) is 2. The Balaban J connectivity index is 1.20. The van der Waals surface area contributed by atoms with Crippen LogP contribution < -0.4 is 15.0 Å². The van der Waals surface area contributed by atoms with Crippen LogP contribution in [0.1, 0.15) is 46.0 Å². The van der Waals surface area contributed by atoms with Crippen LogP contribution in [0.4, 0.5) is 15.5 Å². The van der Waals surface area contributed by atoms with Crippen molar-refractivity contribution in [2.45, 2.75) is 69.2 Å². The minimum atomic E-state index is -3.55. The maximum absolute atomic E-state index is 16.5. The lowest BCUT2D eigenvalue weighted by molar-refractivity contribution is -0.151. The van der Waals surface area contributed by atoms with Crippen LogP contribution in [0.15, 0.2) is 97.1 Å². The van der Waals surface area contributed by atoms with Gasteiger partial charge in [-0.25, -0.2) is 0 Å². The molecule has 0 saturated carbocycles. The third-order valence-corrected chi connectivity index (χ3v) is 13.4. The number of nitrogens with one attached hydrogen (secondary N) is 1. The number of hydrogen-bond acceptors (Lipinski definition) is 6. The average Bonchev–Trinajstić information content (AvgIpc) is 3.56. The summed E-state index contributed by atoms with van der Waals surface area (Å²) in [5, 5.41) is 13.2. The number of carbonyl (C=O) groups is 3. The topological polar surface area (TPSA) is 108 Å². The number of aliphatic hydroxyl groups excluding tert-OH is 1. The Bertz CT molecular complexity index is 2000. The van der Waals surface area contributed by atoms with Gasteiger partial charge in [-0.2, -0.15) is 0 Å². The van der Waals surface area contributed by atoms with Crippen LogP contribution >= 0.6 is 0 Å². The molecule has 0 aliphatic carbocycles. The molecule has 270 valence electrons. The molecule has 7 rings (SSSR count). The van der Waals surface area contributed by atoms with E-state index in [9.17, 15) is 19.5 Å². The van der Waals surface area contributed by atoms with Gasteiger partial charge in [0.2, 0.25) is 14.3 Å². The first kappa shape index (κ1) is 35.6. The number of aliphatic hydroxyl groups is 1. The van der Waals surface area contributed by atoms with E-state index in [1.807, 2.05) is 61.5 Å². The van der Waals surface area contributed by atoms with Gasteiger partial charge in [0.1, 0.15) is 5.75 Å². The van der Waals surface area contributed by atoms with Crippen LogP contribution in [-0.4, -0.2) is 62.0 Å². The number of carbonyl (C=O) groups excluding carboxylic acids is 3. The van der Waals surface area contributed by atoms with E-state index in [2.05, 4.69) is 5.32 Å². The zero-order valence-corrected chi connectivity index (χ0v) is 30.8. The SMILES string of the molecule is COc1ccc2c(c1)[C@@]1(O[C@H](CC(=O)N3Cc4ccccc4C[C@H]3CO)[C@@H]([Si](C)(C)F)[C@@H]1C)C(=O)N2Cc1cccc(NC(=O)c2ccccc2)c1. The number of ether oxygens (including phenoxy) is 2. The molecule has 52 heavy (non-hydrogen) atoms. The number of hydrogen-bond donors (Lipinski definition) is 2. The molecule has 0 bridgehead atoms. The van der Waals surface area contributed by atoms with Gasteiger partial charge < -0.3 is 33.8 Å². The zero-order valence-electron chi connectivity index (χ0n) is 29.8. The van der Waals surface area contributed by atoms with E-state index in [0.29, 0.717) is 41.2 Å². The van der Waals surface area contributed by atoms with Crippen molar-refractivity contribution in [3.63, 3.8) is 0 Å². The summed E-state index contributed by atoms with van der Waals surface area (Å²) in [6.07, 6.45) is -0.467. The molecule has 9 nitrogen and oxygen atoms in total. The first-order chi connectivity index (χ1) is 24.9. The molecular weight excluding hydrogens is 678 g/mol. The molecule has 11 heteroatoms. The highest BCUT2D eigenvalue weighted by Gasteiger charge is 2.67. The molecule has 4 aromatic rings. The van der Waals surface area contributed by atoms with Crippen molar-refractivity contribution < 1.29 is 33.1 Å². The summed E-state index contributed by atoms with van der Waals surface area (Å²) >= 11 is 0. The van der Waals surface area contributed by atoms with Crippen molar-refractivity contribution in [2.75, 3.05) is 23.9 Å². The summed E-state index contributed by atoms with van der Waals surface area (Å²) in [7, 11) is -2.00. The van der Waals surface area contributed by atoms with E-state index in [1.54, 1.807) is 72.5 Å². The maximum atomic E-state index is 16.5. The van der Waals surface area contributed by atoms with Crippen molar-refractivity contribution in [2.24, 2.45) is 5.92 Å². The van der Waals surface area contributed by atoms with E-state index in [4.69, 9.17) is 9.47 Å². The number of fused-ring (bicyclic) bond motifs is 3. The predicted octanol–water partition coefficient (Wildman–Crippen LogP) is 6.61. The summed E-state index contributed by atoms with van der Waals surface area (Å²) < 4.78 is 29.0. The average molecular weight is 722 g/mol. The lowest BCUT2D eigenvalue weighted by atomic mass is 9.82. The highest BCUT2D eigenvalue weighted by atomic mass is 28.4. The molecule has 5 atom stereocenters. The van der Waals surface area contributed by atoms with E-state index < -0.39 is 37.6 Å². The van der Waals surface area contributed by atoms with Gasteiger partial charge in [-0.1, -0.05) is 61.5 Å². The Morgan fingerprint density at radius 3 is 2.44 bits per heavy atom. The standard InChI is InChI=1S/C41H44FN3O6Si/c1-26-38(52(3,4)42)36(22-37(47)44-24-30-15-9-8-14-29(30)20-32(44)25-46)51-41(26)34-21-33(50-2)17-18-35(34)45(40(41)49)23-27-11-10-16-31(19-27)43-39(48)28-12-6-5-7-13-28/h5-19,21,26,32,36,38,46H,20,22-25H2,1-4H3,(H,43,48)/t26-,32-,36+,38-,41+/m0/s1. The summed E-state index contributed by atoms with van der Waals surface area (Å²) in [5.74, 6) is -0.899. The molecule has 0 aromatic heterocycles. The molecule has 3 amide bonds. The molecule has 4 aromatic carbocycles. The highest BCUT2D eigenvalue weighted by molar-refractivity contribution is 6.72. The first-order valence-electron chi connectivity index (χ1n) is 17.7. The van der Waals surface area contributed by atoms with Crippen molar-refractivity contribution in [3.05, 3.63) is 125 Å². The van der Waals surface area contributed by atoms with Crippen molar-refractivity contribution in [1.82, 2.24) is 4.90 Å². The lowest BCUT2D eigenvalue weighted by Gasteiger charge is -2.37. The fourth-order valence-electron chi connectivity index (χ4n) is 8.57. The number of rotatable bonds is 9. The summed E-state index contributed by atoms with van der Waals surface area (Å²) in [6.45, 7) is 5.40. The quantitative estimate of drug-likeness (QED) is 0.149. The Hall–Kier alpha value is -4.84. The number of amides is 3.